The standard InChI is InChI=1S/C6H15NO/c1-5-7-6(2,3)8-4/h7H,5H2,1-4H3. The molecule has 0 aromatic rings. The first-order valence-electron chi connectivity index (χ1n) is 2.92. The Morgan fingerprint density at radius 3 is 2.12 bits per heavy atom. The van der Waals surface area contributed by atoms with Crippen LogP contribution < -0.4 is 5.32 Å². The summed E-state index contributed by atoms with van der Waals surface area (Å²) in [5.41, 5.74) is -0.158. The summed E-state index contributed by atoms with van der Waals surface area (Å²) in [6.07, 6.45) is 0. The topological polar surface area (TPSA) is 21.3 Å². The van der Waals surface area contributed by atoms with E-state index in [2.05, 4.69) is 12.2 Å². The highest BCUT2D eigenvalue weighted by molar-refractivity contribution is 4.61. The summed E-state index contributed by atoms with van der Waals surface area (Å²) >= 11 is 0. The summed E-state index contributed by atoms with van der Waals surface area (Å²) in [5, 5.41) is 3.15. The van der Waals surface area contributed by atoms with E-state index in [0.29, 0.717) is 0 Å². The highest BCUT2D eigenvalue weighted by atomic mass is 16.5. The van der Waals surface area contributed by atoms with Crippen molar-refractivity contribution < 1.29 is 4.74 Å². The smallest absolute Gasteiger partial charge is 0.113 e. The van der Waals surface area contributed by atoms with E-state index >= 15 is 0 Å². The van der Waals surface area contributed by atoms with E-state index in [9.17, 15) is 0 Å². The monoisotopic (exact) mass is 117 g/mol. The zero-order valence-corrected chi connectivity index (χ0v) is 6.12. The minimum Gasteiger partial charge on any atom is -0.364 e. The normalized spacial score (nSPS) is 12.0. The molecule has 0 bridgehead atoms. The van der Waals surface area contributed by atoms with Crippen LogP contribution >= 0.6 is 0 Å². The van der Waals surface area contributed by atoms with E-state index in [4.69, 9.17) is 4.74 Å². The number of hydrogen-bond acceptors (Lipinski definition) is 2. The summed E-state index contributed by atoms with van der Waals surface area (Å²) in [5.74, 6) is 0. The number of methoxy groups -OCH3 is 1. The summed E-state index contributed by atoms with van der Waals surface area (Å²) < 4.78 is 5.07. The average Bonchev–Trinajstić information content (AvgIpc) is 1.67. The van der Waals surface area contributed by atoms with Crippen molar-refractivity contribution >= 4 is 0 Å². The fraction of sp³-hybridized carbons (Fsp3) is 1.00. The van der Waals surface area contributed by atoms with Gasteiger partial charge in [0.05, 0.1) is 0 Å². The average molecular weight is 117 g/mol. The lowest BCUT2D eigenvalue weighted by molar-refractivity contribution is -0.00545. The second kappa shape index (κ2) is 3.05. The van der Waals surface area contributed by atoms with Crippen molar-refractivity contribution in [3.63, 3.8) is 0 Å². The Morgan fingerprint density at radius 1 is 1.50 bits per heavy atom. The van der Waals surface area contributed by atoms with Gasteiger partial charge in [-0.05, 0) is 20.4 Å². The maximum atomic E-state index is 5.07. The van der Waals surface area contributed by atoms with Gasteiger partial charge in [-0.3, -0.25) is 5.32 Å². The lowest BCUT2D eigenvalue weighted by atomic mass is 10.3. The van der Waals surface area contributed by atoms with Crippen molar-refractivity contribution in [1.82, 2.24) is 5.32 Å². The van der Waals surface area contributed by atoms with Crippen LogP contribution in [-0.2, 0) is 4.74 Å². The van der Waals surface area contributed by atoms with Crippen molar-refractivity contribution in [2.24, 2.45) is 0 Å². The molecule has 2 nitrogen and oxygen atoms in total. The van der Waals surface area contributed by atoms with Gasteiger partial charge in [-0.25, -0.2) is 0 Å². The number of nitrogens with one attached hydrogen (secondary N) is 1. The predicted molar refractivity (Wildman–Crippen MR) is 34.8 cm³/mol. The number of hydrogen-bond donors (Lipinski definition) is 1. The quantitative estimate of drug-likeness (QED) is 0.556. The molecule has 0 saturated carbocycles. The van der Waals surface area contributed by atoms with Crippen molar-refractivity contribution in [1.29, 1.82) is 0 Å². The molecule has 50 valence electrons. The van der Waals surface area contributed by atoms with E-state index in [1.165, 1.54) is 0 Å². The van der Waals surface area contributed by atoms with Crippen LogP contribution in [-0.4, -0.2) is 19.4 Å². The van der Waals surface area contributed by atoms with Gasteiger partial charge in [0.1, 0.15) is 5.72 Å². The summed E-state index contributed by atoms with van der Waals surface area (Å²) in [7, 11) is 1.70. The van der Waals surface area contributed by atoms with Crippen LogP contribution in [0.15, 0.2) is 0 Å². The van der Waals surface area contributed by atoms with Gasteiger partial charge in [0, 0.05) is 7.11 Å². The van der Waals surface area contributed by atoms with Crippen LogP contribution in [0.3, 0.4) is 0 Å². The minimum atomic E-state index is -0.158. The van der Waals surface area contributed by atoms with Crippen molar-refractivity contribution in [2.75, 3.05) is 13.7 Å². The molecule has 0 fully saturated rings. The van der Waals surface area contributed by atoms with Gasteiger partial charge in [-0.2, -0.15) is 0 Å². The maximum absolute atomic E-state index is 5.07. The van der Waals surface area contributed by atoms with E-state index in [1.807, 2.05) is 13.8 Å². The summed E-state index contributed by atoms with van der Waals surface area (Å²) in [6, 6.07) is 0. The first-order valence-corrected chi connectivity index (χ1v) is 2.92. The van der Waals surface area contributed by atoms with E-state index in [1.54, 1.807) is 7.11 Å². The van der Waals surface area contributed by atoms with Gasteiger partial charge in [0.2, 0.25) is 0 Å². The Kier molecular flexibility index (Phi) is 3.02. The van der Waals surface area contributed by atoms with E-state index in [0.717, 1.165) is 6.54 Å². The SMILES string of the molecule is CCNC(C)(C)OC. The fourth-order valence-corrected chi connectivity index (χ4v) is 0.498. The molecule has 0 aliphatic carbocycles. The molecule has 0 aromatic carbocycles. The van der Waals surface area contributed by atoms with Crippen molar-refractivity contribution in [3.8, 4) is 0 Å². The van der Waals surface area contributed by atoms with Crippen LogP contribution in [0.4, 0.5) is 0 Å². The highest BCUT2D eigenvalue weighted by Gasteiger charge is 2.11. The van der Waals surface area contributed by atoms with Gasteiger partial charge in [0.25, 0.3) is 0 Å². The van der Waals surface area contributed by atoms with Gasteiger partial charge >= 0.3 is 0 Å². The minimum absolute atomic E-state index is 0.158. The molecule has 0 heterocycles. The molecular weight excluding hydrogens is 102 g/mol. The van der Waals surface area contributed by atoms with Gasteiger partial charge in [-0.1, -0.05) is 6.92 Å². The Balaban J connectivity index is 3.37. The van der Waals surface area contributed by atoms with Gasteiger partial charge < -0.3 is 4.74 Å². The predicted octanol–water partition coefficient (Wildman–Crippen LogP) is 0.978. The zero-order valence-electron chi connectivity index (χ0n) is 6.12. The van der Waals surface area contributed by atoms with Crippen LogP contribution in [0, 0.1) is 0 Å². The highest BCUT2D eigenvalue weighted by Crippen LogP contribution is 1.99. The first kappa shape index (κ1) is 7.92. The zero-order chi connectivity index (χ0) is 6.62. The number of ether oxygens (including phenoxy) is 1. The summed E-state index contributed by atoms with van der Waals surface area (Å²) in [6.45, 7) is 6.99. The van der Waals surface area contributed by atoms with Crippen molar-refractivity contribution in [2.45, 2.75) is 26.5 Å². The molecule has 0 spiro atoms. The molecular formula is C6H15NO. The molecule has 0 aromatic heterocycles. The molecule has 0 saturated heterocycles. The Hall–Kier alpha value is -0.0800. The second-order valence-corrected chi connectivity index (χ2v) is 2.24. The Bertz CT molecular complexity index is 61.5. The number of rotatable bonds is 3. The van der Waals surface area contributed by atoms with Crippen molar-refractivity contribution in [3.05, 3.63) is 0 Å². The molecule has 0 aliphatic heterocycles. The molecule has 1 N–H and O–H groups in total. The lowest BCUT2D eigenvalue weighted by Gasteiger charge is -2.23. The first-order chi connectivity index (χ1) is 3.62. The maximum Gasteiger partial charge on any atom is 0.113 e. The Morgan fingerprint density at radius 2 is 2.00 bits per heavy atom. The summed E-state index contributed by atoms with van der Waals surface area (Å²) in [4.78, 5) is 0. The fourth-order valence-electron chi connectivity index (χ4n) is 0.498. The molecule has 2 heteroatoms. The largest absolute Gasteiger partial charge is 0.364 e. The molecule has 0 unspecified atom stereocenters. The second-order valence-electron chi connectivity index (χ2n) is 2.24. The third-order valence-corrected chi connectivity index (χ3v) is 1.11. The van der Waals surface area contributed by atoms with Gasteiger partial charge in [0.15, 0.2) is 0 Å². The van der Waals surface area contributed by atoms with Crippen LogP contribution in [0.25, 0.3) is 0 Å². The molecule has 0 radical (unpaired) electrons. The van der Waals surface area contributed by atoms with Crippen LogP contribution in [0.5, 0.6) is 0 Å². The van der Waals surface area contributed by atoms with E-state index in [-0.39, 0.29) is 5.72 Å². The van der Waals surface area contributed by atoms with Crippen LogP contribution in [0.2, 0.25) is 0 Å². The van der Waals surface area contributed by atoms with Gasteiger partial charge in [-0.15, -0.1) is 0 Å². The third kappa shape index (κ3) is 2.99. The molecule has 8 heavy (non-hydrogen) atoms. The molecule has 0 aliphatic rings. The Labute approximate surface area is 51.2 Å². The molecule has 0 rings (SSSR count). The van der Waals surface area contributed by atoms with Crippen LogP contribution in [0.1, 0.15) is 20.8 Å². The lowest BCUT2D eigenvalue weighted by Crippen LogP contribution is -2.40. The van der Waals surface area contributed by atoms with E-state index < -0.39 is 0 Å². The molecule has 0 atom stereocenters. The molecule has 0 amide bonds. The third-order valence-electron chi connectivity index (χ3n) is 1.11.